The maximum atomic E-state index is 14.7. The number of hydrogen-bond donors (Lipinski definition) is 1. The number of benzene rings is 4. The Bertz CT molecular complexity index is 1800. The van der Waals surface area contributed by atoms with E-state index in [2.05, 4.69) is 21.2 Å². The van der Waals surface area contributed by atoms with Crippen LogP contribution < -0.4 is 14.4 Å². The Balaban J connectivity index is 1.56. The first-order valence-electron chi connectivity index (χ1n) is 16.5. The lowest BCUT2D eigenvalue weighted by Gasteiger charge is -2.35. The molecule has 1 fully saturated rings. The number of anilines is 1. The predicted octanol–water partition coefficient (Wildman–Crippen LogP) is 7.79. The van der Waals surface area contributed by atoms with Gasteiger partial charge in [0.15, 0.2) is 0 Å². The van der Waals surface area contributed by atoms with Crippen molar-refractivity contribution in [2.45, 2.75) is 69.0 Å². The fourth-order valence-electron chi connectivity index (χ4n) is 6.07. The summed E-state index contributed by atoms with van der Waals surface area (Å²) in [6.45, 7) is 1.81. The fraction of sp³-hybridized carbons (Fsp3) is 0.316. The highest BCUT2D eigenvalue weighted by Crippen LogP contribution is 2.28. The standard InChI is InChI=1S/C38H41BrClN3O5S/c1-2-48-34-20-18-33(19-21-34)43(49(46,47)35-22-16-30(39)17-23-35)27-37(44)42(26-29-12-9-13-31(40)24-29)36(25-28-10-5-3-6-11-28)38(45)41-32-14-7-4-8-15-32/h3,5-6,9-13,16-24,32,36H,2,4,7-8,14-15,25-27H2,1H3,(H,41,45). The SMILES string of the molecule is CCOc1ccc(N(CC(=O)N(Cc2cccc(Cl)c2)C(Cc2ccccc2)C(=O)NC2CCCCC2)S(=O)(=O)c2ccc(Br)cc2)cc1. The summed E-state index contributed by atoms with van der Waals surface area (Å²) in [6.07, 6.45) is 5.20. The van der Waals surface area contributed by atoms with Crippen molar-refractivity contribution >= 4 is 55.1 Å². The molecule has 1 saturated carbocycles. The summed E-state index contributed by atoms with van der Waals surface area (Å²) in [6, 6.07) is 28.6. The molecule has 0 heterocycles. The maximum Gasteiger partial charge on any atom is 0.264 e. The molecule has 258 valence electrons. The van der Waals surface area contributed by atoms with Crippen LogP contribution in [0.25, 0.3) is 0 Å². The van der Waals surface area contributed by atoms with Gasteiger partial charge in [0.05, 0.1) is 17.2 Å². The maximum absolute atomic E-state index is 14.7. The van der Waals surface area contributed by atoms with Crippen LogP contribution in [0.2, 0.25) is 5.02 Å². The molecular weight excluding hydrogens is 726 g/mol. The van der Waals surface area contributed by atoms with Gasteiger partial charge in [-0.25, -0.2) is 8.42 Å². The van der Waals surface area contributed by atoms with Crippen LogP contribution in [0, 0.1) is 0 Å². The summed E-state index contributed by atoms with van der Waals surface area (Å²) >= 11 is 9.74. The molecule has 1 aliphatic carbocycles. The van der Waals surface area contributed by atoms with Crippen molar-refractivity contribution in [3.8, 4) is 5.75 Å². The zero-order valence-electron chi connectivity index (χ0n) is 27.4. The Kier molecular flexibility index (Phi) is 12.8. The van der Waals surface area contributed by atoms with Crippen LogP contribution in [0.15, 0.2) is 112 Å². The number of rotatable bonds is 14. The van der Waals surface area contributed by atoms with Gasteiger partial charge < -0.3 is 15.0 Å². The van der Waals surface area contributed by atoms with Crippen LogP contribution in [-0.4, -0.2) is 50.4 Å². The minimum atomic E-state index is -4.23. The molecule has 4 aromatic carbocycles. The van der Waals surface area contributed by atoms with Crippen molar-refractivity contribution < 1.29 is 22.7 Å². The van der Waals surface area contributed by atoms with Crippen molar-refractivity contribution in [2.75, 3.05) is 17.5 Å². The minimum Gasteiger partial charge on any atom is -0.494 e. The van der Waals surface area contributed by atoms with Gasteiger partial charge in [-0.1, -0.05) is 89.3 Å². The van der Waals surface area contributed by atoms with Crippen LogP contribution in [-0.2, 0) is 32.6 Å². The van der Waals surface area contributed by atoms with Gasteiger partial charge in [0, 0.05) is 28.5 Å². The molecule has 0 radical (unpaired) electrons. The van der Waals surface area contributed by atoms with Crippen LogP contribution in [0.3, 0.4) is 0 Å². The minimum absolute atomic E-state index is 0.0146. The Morgan fingerprint density at radius 1 is 0.898 bits per heavy atom. The first-order chi connectivity index (χ1) is 23.6. The van der Waals surface area contributed by atoms with Crippen LogP contribution in [0.4, 0.5) is 5.69 Å². The molecular formula is C38H41BrClN3O5S. The molecule has 11 heteroatoms. The van der Waals surface area contributed by atoms with E-state index in [0.29, 0.717) is 22.9 Å². The summed E-state index contributed by atoms with van der Waals surface area (Å²) in [7, 11) is -4.23. The average Bonchev–Trinajstić information content (AvgIpc) is 3.10. The van der Waals surface area contributed by atoms with Gasteiger partial charge >= 0.3 is 0 Å². The lowest BCUT2D eigenvalue weighted by atomic mass is 9.94. The molecule has 1 atom stereocenters. The molecule has 0 saturated heterocycles. The molecule has 0 bridgehead atoms. The van der Waals surface area contributed by atoms with E-state index in [0.717, 1.165) is 46.4 Å². The van der Waals surface area contributed by atoms with E-state index in [1.54, 1.807) is 54.6 Å². The molecule has 0 spiro atoms. The highest BCUT2D eigenvalue weighted by atomic mass is 79.9. The molecule has 2 amide bonds. The molecule has 0 aromatic heterocycles. The second-order valence-electron chi connectivity index (χ2n) is 12.1. The molecule has 1 unspecified atom stereocenters. The number of ether oxygens (including phenoxy) is 1. The van der Waals surface area contributed by atoms with Crippen LogP contribution >= 0.6 is 27.5 Å². The second kappa shape index (κ2) is 17.2. The molecule has 1 N–H and O–H groups in total. The Morgan fingerprint density at radius 2 is 1.57 bits per heavy atom. The number of halogens is 2. The second-order valence-corrected chi connectivity index (χ2v) is 15.3. The van der Waals surface area contributed by atoms with E-state index in [4.69, 9.17) is 16.3 Å². The van der Waals surface area contributed by atoms with Gasteiger partial charge in [-0.3, -0.25) is 13.9 Å². The normalized spacial score (nSPS) is 14.1. The summed E-state index contributed by atoms with van der Waals surface area (Å²) in [5, 5.41) is 3.72. The number of hydrogen-bond acceptors (Lipinski definition) is 5. The van der Waals surface area contributed by atoms with Gasteiger partial charge in [-0.2, -0.15) is 0 Å². The van der Waals surface area contributed by atoms with Crippen LogP contribution in [0.5, 0.6) is 5.75 Å². The predicted molar refractivity (Wildman–Crippen MR) is 197 cm³/mol. The van der Waals surface area contributed by atoms with Crippen molar-refractivity contribution in [1.82, 2.24) is 10.2 Å². The molecule has 5 rings (SSSR count). The summed E-state index contributed by atoms with van der Waals surface area (Å²) in [5.74, 6) is -0.229. The largest absolute Gasteiger partial charge is 0.494 e. The third-order valence-corrected chi connectivity index (χ3v) is 11.1. The average molecular weight is 767 g/mol. The fourth-order valence-corrected chi connectivity index (χ4v) is 7.96. The molecule has 0 aliphatic heterocycles. The van der Waals surface area contributed by atoms with Crippen molar-refractivity contribution in [1.29, 1.82) is 0 Å². The van der Waals surface area contributed by atoms with E-state index < -0.39 is 28.5 Å². The Morgan fingerprint density at radius 3 is 2.22 bits per heavy atom. The highest BCUT2D eigenvalue weighted by molar-refractivity contribution is 9.10. The quantitative estimate of drug-likeness (QED) is 0.142. The van der Waals surface area contributed by atoms with Crippen molar-refractivity contribution in [2.24, 2.45) is 0 Å². The number of sulfonamides is 1. The number of amides is 2. The van der Waals surface area contributed by atoms with E-state index in [9.17, 15) is 18.0 Å². The first kappa shape index (κ1) is 36.4. The van der Waals surface area contributed by atoms with E-state index in [1.165, 1.54) is 17.0 Å². The Labute approximate surface area is 302 Å². The molecule has 4 aromatic rings. The van der Waals surface area contributed by atoms with Gasteiger partial charge in [0.25, 0.3) is 10.0 Å². The Hall–Kier alpha value is -3.86. The zero-order valence-corrected chi connectivity index (χ0v) is 30.6. The van der Waals surface area contributed by atoms with Crippen molar-refractivity contribution in [3.05, 3.63) is 124 Å². The highest BCUT2D eigenvalue weighted by Gasteiger charge is 2.35. The molecule has 49 heavy (non-hydrogen) atoms. The monoisotopic (exact) mass is 765 g/mol. The van der Waals surface area contributed by atoms with Crippen LogP contribution in [0.1, 0.15) is 50.2 Å². The topological polar surface area (TPSA) is 96.0 Å². The molecule has 8 nitrogen and oxygen atoms in total. The van der Waals surface area contributed by atoms with Crippen molar-refractivity contribution in [3.63, 3.8) is 0 Å². The number of carbonyl (C=O) groups excluding carboxylic acids is 2. The van der Waals surface area contributed by atoms with E-state index in [1.807, 2.05) is 43.3 Å². The first-order valence-corrected chi connectivity index (χ1v) is 19.1. The lowest BCUT2D eigenvalue weighted by molar-refractivity contribution is -0.140. The summed E-state index contributed by atoms with van der Waals surface area (Å²) < 4.78 is 36.0. The van der Waals surface area contributed by atoms with Gasteiger partial charge in [-0.05, 0) is 91.6 Å². The smallest absolute Gasteiger partial charge is 0.264 e. The van der Waals surface area contributed by atoms with Gasteiger partial charge in [0.2, 0.25) is 11.8 Å². The van der Waals surface area contributed by atoms with Gasteiger partial charge in [0.1, 0.15) is 18.3 Å². The lowest BCUT2D eigenvalue weighted by Crippen LogP contribution is -2.55. The third-order valence-electron chi connectivity index (χ3n) is 8.58. The summed E-state index contributed by atoms with van der Waals surface area (Å²) in [5.41, 5.74) is 1.88. The number of nitrogens with zero attached hydrogens (tertiary/aromatic N) is 2. The third kappa shape index (κ3) is 9.86. The van der Waals surface area contributed by atoms with E-state index >= 15 is 0 Å². The number of carbonyl (C=O) groups is 2. The zero-order chi connectivity index (χ0) is 34.8. The number of nitrogens with one attached hydrogen (secondary N) is 1. The van der Waals surface area contributed by atoms with E-state index in [-0.39, 0.29) is 35.5 Å². The van der Waals surface area contributed by atoms with Gasteiger partial charge in [-0.15, -0.1) is 0 Å². The summed E-state index contributed by atoms with van der Waals surface area (Å²) in [4.78, 5) is 30.5. The molecule has 1 aliphatic rings.